The Morgan fingerprint density at radius 1 is 1.16 bits per heavy atom. The molecule has 1 heterocycles. The number of hydrogen-bond acceptors (Lipinski definition) is 4. The lowest BCUT2D eigenvalue weighted by molar-refractivity contribution is -0.120. The van der Waals surface area contributed by atoms with Gasteiger partial charge in [-0.25, -0.2) is 4.79 Å². The van der Waals surface area contributed by atoms with Gasteiger partial charge in [-0.15, -0.1) is 0 Å². The molecule has 2 rings (SSSR count). The number of anilines is 1. The molecule has 138 valence electrons. The number of nitrogens with zero attached hydrogens (tertiary/aromatic N) is 1. The van der Waals surface area contributed by atoms with Crippen molar-refractivity contribution in [3.05, 3.63) is 29.8 Å². The molecule has 1 aliphatic heterocycles. The summed E-state index contributed by atoms with van der Waals surface area (Å²) >= 11 is 0. The van der Waals surface area contributed by atoms with Crippen LogP contribution in [0.1, 0.15) is 18.4 Å². The molecule has 1 aromatic rings. The Labute approximate surface area is 149 Å². The number of amides is 3. The number of carbonyl (C=O) groups is 2. The van der Waals surface area contributed by atoms with Gasteiger partial charge in [0.25, 0.3) is 0 Å². The standard InChI is InChI=1S/C18H28N4O3/c1-15-5-4-6-16(13-15)21-18(24)20-14-17(23)19-7-2-3-8-22-9-11-25-12-10-22/h4-6,13H,2-3,7-12,14H2,1H3,(H,19,23)(H2,20,21,24). The van der Waals surface area contributed by atoms with Crippen LogP contribution in [0.4, 0.5) is 10.5 Å². The van der Waals surface area contributed by atoms with Crippen LogP contribution in [0, 0.1) is 6.92 Å². The number of benzene rings is 1. The number of hydrogen-bond donors (Lipinski definition) is 3. The predicted octanol–water partition coefficient (Wildman–Crippen LogP) is 1.35. The molecule has 0 aliphatic carbocycles. The van der Waals surface area contributed by atoms with Crippen LogP contribution < -0.4 is 16.0 Å². The van der Waals surface area contributed by atoms with Crippen molar-refractivity contribution >= 4 is 17.6 Å². The topological polar surface area (TPSA) is 82.7 Å². The average molecular weight is 348 g/mol. The monoisotopic (exact) mass is 348 g/mol. The van der Waals surface area contributed by atoms with E-state index in [0.29, 0.717) is 12.2 Å². The Kier molecular flexibility index (Phi) is 8.21. The second kappa shape index (κ2) is 10.7. The van der Waals surface area contributed by atoms with Crippen molar-refractivity contribution in [2.24, 2.45) is 0 Å². The summed E-state index contributed by atoms with van der Waals surface area (Å²) in [6, 6.07) is 7.12. The number of nitrogens with one attached hydrogen (secondary N) is 3. The molecule has 25 heavy (non-hydrogen) atoms. The fourth-order valence-electron chi connectivity index (χ4n) is 2.63. The van der Waals surface area contributed by atoms with Crippen molar-refractivity contribution in [2.45, 2.75) is 19.8 Å². The fourth-order valence-corrected chi connectivity index (χ4v) is 2.63. The molecule has 0 spiro atoms. The average Bonchev–Trinajstić information content (AvgIpc) is 2.60. The van der Waals surface area contributed by atoms with E-state index in [1.807, 2.05) is 25.1 Å². The molecule has 7 nitrogen and oxygen atoms in total. The van der Waals surface area contributed by atoms with Crippen LogP contribution >= 0.6 is 0 Å². The van der Waals surface area contributed by atoms with Gasteiger partial charge < -0.3 is 20.7 Å². The van der Waals surface area contributed by atoms with Crippen molar-refractivity contribution in [1.82, 2.24) is 15.5 Å². The molecule has 3 N–H and O–H groups in total. The number of morpholine rings is 1. The van der Waals surface area contributed by atoms with E-state index < -0.39 is 0 Å². The highest BCUT2D eigenvalue weighted by molar-refractivity contribution is 5.92. The maximum absolute atomic E-state index is 11.8. The first-order chi connectivity index (χ1) is 12.1. The van der Waals surface area contributed by atoms with Gasteiger partial charge in [0.1, 0.15) is 0 Å². The second-order valence-corrected chi connectivity index (χ2v) is 6.19. The molecule has 7 heteroatoms. The summed E-state index contributed by atoms with van der Waals surface area (Å²) in [5, 5.41) is 8.09. The Hall–Kier alpha value is -2.12. The largest absolute Gasteiger partial charge is 0.379 e. The van der Waals surface area contributed by atoms with Gasteiger partial charge in [-0.05, 0) is 44.0 Å². The zero-order valence-electron chi connectivity index (χ0n) is 14.8. The molecule has 1 aromatic carbocycles. The smallest absolute Gasteiger partial charge is 0.319 e. The quantitative estimate of drug-likeness (QED) is 0.619. The van der Waals surface area contributed by atoms with Gasteiger partial charge in [0.2, 0.25) is 5.91 Å². The van der Waals surface area contributed by atoms with Crippen molar-refractivity contribution in [2.75, 3.05) is 51.3 Å². The van der Waals surface area contributed by atoms with E-state index >= 15 is 0 Å². The van der Waals surface area contributed by atoms with Gasteiger partial charge in [-0.1, -0.05) is 12.1 Å². The van der Waals surface area contributed by atoms with Gasteiger partial charge >= 0.3 is 6.03 Å². The van der Waals surface area contributed by atoms with Gasteiger partial charge in [-0.2, -0.15) is 0 Å². The Balaban J connectivity index is 1.50. The molecule has 0 unspecified atom stereocenters. The normalized spacial score (nSPS) is 14.8. The Bertz CT molecular complexity index is 559. The van der Waals surface area contributed by atoms with E-state index in [9.17, 15) is 9.59 Å². The molecule has 0 radical (unpaired) electrons. The van der Waals surface area contributed by atoms with E-state index in [0.717, 1.165) is 51.3 Å². The minimum atomic E-state index is -0.381. The van der Waals surface area contributed by atoms with Crippen molar-refractivity contribution < 1.29 is 14.3 Å². The van der Waals surface area contributed by atoms with Crippen molar-refractivity contribution in [1.29, 1.82) is 0 Å². The molecular weight excluding hydrogens is 320 g/mol. The first kappa shape index (κ1) is 19.2. The zero-order valence-corrected chi connectivity index (χ0v) is 14.8. The van der Waals surface area contributed by atoms with Crippen LogP contribution in [0.3, 0.4) is 0 Å². The lowest BCUT2D eigenvalue weighted by atomic mass is 10.2. The van der Waals surface area contributed by atoms with Gasteiger partial charge in [0.15, 0.2) is 0 Å². The third-order valence-corrected chi connectivity index (χ3v) is 4.01. The van der Waals surface area contributed by atoms with Gasteiger partial charge in [0.05, 0.1) is 19.8 Å². The summed E-state index contributed by atoms with van der Waals surface area (Å²) in [7, 11) is 0. The maximum Gasteiger partial charge on any atom is 0.319 e. The SMILES string of the molecule is Cc1cccc(NC(=O)NCC(=O)NCCCCN2CCOCC2)c1. The fraction of sp³-hybridized carbons (Fsp3) is 0.556. The Morgan fingerprint density at radius 3 is 2.72 bits per heavy atom. The van der Waals surface area contributed by atoms with Crippen LogP contribution in [0.2, 0.25) is 0 Å². The highest BCUT2D eigenvalue weighted by Gasteiger charge is 2.09. The van der Waals surface area contributed by atoms with Crippen LogP contribution in [0.5, 0.6) is 0 Å². The van der Waals surface area contributed by atoms with Gasteiger partial charge in [0, 0.05) is 25.3 Å². The molecular formula is C18H28N4O3. The zero-order chi connectivity index (χ0) is 17.9. The Morgan fingerprint density at radius 2 is 1.96 bits per heavy atom. The number of urea groups is 1. The number of unbranched alkanes of at least 4 members (excludes halogenated alkanes) is 1. The summed E-state index contributed by atoms with van der Waals surface area (Å²) in [6.45, 7) is 7.20. The maximum atomic E-state index is 11.8. The molecule has 0 saturated carbocycles. The van der Waals surface area contributed by atoms with Crippen molar-refractivity contribution in [3.8, 4) is 0 Å². The lowest BCUT2D eigenvalue weighted by Gasteiger charge is -2.26. The van der Waals surface area contributed by atoms with Crippen LogP contribution in [-0.4, -0.2) is 62.8 Å². The van der Waals surface area contributed by atoms with E-state index in [-0.39, 0.29) is 18.5 Å². The molecule has 0 aromatic heterocycles. The number of rotatable bonds is 8. The highest BCUT2D eigenvalue weighted by atomic mass is 16.5. The lowest BCUT2D eigenvalue weighted by Crippen LogP contribution is -2.39. The number of carbonyl (C=O) groups excluding carboxylic acids is 2. The highest BCUT2D eigenvalue weighted by Crippen LogP contribution is 2.08. The molecule has 1 saturated heterocycles. The van der Waals surface area contributed by atoms with Gasteiger partial charge in [-0.3, -0.25) is 9.69 Å². The van der Waals surface area contributed by atoms with Crippen LogP contribution in [0.25, 0.3) is 0 Å². The summed E-state index contributed by atoms with van der Waals surface area (Å²) < 4.78 is 5.31. The van der Waals surface area contributed by atoms with Crippen molar-refractivity contribution in [3.63, 3.8) is 0 Å². The molecule has 1 aliphatic rings. The summed E-state index contributed by atoms with van der Waals surface area (Å²) in [4.78, 5) is 25.9. The molecule has 3 amide bonds. The molecule has 0 atom stereocenters. The predicted molar refractivity (Wildman–Crippen MR) is 97.7 cm³/mol. The summed E-state index contributed by atoms with van der Waals surface area (Å²) in [5.41, 5.74) is 1.77. The third-order valence-electron chi connectivity index (χ3n) is 4.01. The van der Waals surface area contributed by atoms with Crippen LogP contribution in [-0.2, 0) is 9.53 Å². The van der Waals surface area contributed by atoms with E-state index in [2.05, 4.69) is 20.9 Å². The summed E-state index contributed by atoms with van der Waals surface area (Å²) in [5.74, 6) is -0.175. The number of aryl methyl sites for hydroxylation is 1. The minimum absolute atomic E-state index is 0.0267. The summed E-state index contributed by atoms with van der Waals surface area (Å²) in [6.07, 6.45) is 1.97. The number of ether oxygens (including phenoxy) is 1. The van der Waals surface area contributed by atoms with E-state index in [1.54, 1.807) is 6.07 Å². The second-order valence-electron chi connectivity index (χ2n) is 6.19. The third kappa shape index (κ3) is 8.00. The molecule has 1 fully saturated rings. The minimum Gasteiger partial charge on any atom is -0.379 e. The molecule has 0 bridgehead atoms. The first-order valence-corrected chi connectivity index (χ1v) is 8.82. The van der Waals surface area contributed by atoms with E-state index in [1.165, 1.54) is 0 Å². The van der Waals surface area contributed by atoms with Crippen LogP contribution in [0.15, 0.2) is 24.3 Å². The van der Waals surface area contributed by atoms with E-state index in [4.69, 9.17) is 4.74 Å². The first-order valence-electron chi connectivity index (χ1n) is 8.82.